The van der Waals surface area contributed by atoms with Crippen molar-refractivity contribution in [2.45, 2.75) is 45.9 Å². The first-order valence-corrected chi connectivity index (χ1v) is 10.2. The van der Waals surface area contributed by atoms with E-state index in [2.05, 4.69) is 30.5 Å². The number of furan rings is 1. The fourth-order valence-electron chi connectivity index (χ4n) is 3.25. The van der Waals surface area contributed by atoms with Crippen molar-refractivity contribution in [3.63, 3.8) is 0 Å². The van der Waals surface area contributed by atoms with Crippen LogP contribution in [0.1, 0.15) is 37.2 Å². The number of fused-ring (bicyclic) bond motifs is 1. The largest absolute Gasteiger partial charge is 0.496 e. The molecule has 2 aromatic rings. The number of ether oxygens (including phenoxy) is 3. The SMILES string of the molecule is CCNC(=NCc1cc2c(cc1OC)CC(C)O2)NCCCOCc1ccco1.I. The Bertz CT molecular complexity index is 796. The van der Waals surface area contributed by atoms with Crippen LogP contribution in [0.2, 0.25) is 0 Å². The predicted octanol–water partition coefficient (Wildman–Crippen LogP) is 3.89. The van der Waals surface area contributed by atoms with Gasteiger partial charge in [0.1, 0.15) is 30.0 Å². The van der Waals surface area contributed by atoms with Gasteiger partial charge in [-0.25, -0.2) is 4.99 Å². The van der Waals surface area contributed by atoms with Crippen molar-refractivity contribution in [1.29, 1.82) is 0 Å². The smallest absolute Gasteiger partial charge is 0.191 e. The van der Waals surface area contributed by atoms with Gasteiger partial charge < -0.3 is 29.3 Å². The fourth-order valence-corrected chi connectivity index (χ4v) is 3.25. The maximum absolute atomic E-state index is 5.87. The van der Waals surface area contributed by atoms with E-state index in [-0.39, 0.29) is 30.1 Å². The molecule has 8 heteroatoms. The molecule has 1 aromatic carbocycles. The Kier molecular flexibility index (Phi) is 10.3. The van der Waals surface area contributed by atoms with Gasteiger partial charge in [-0.1, -0.05) is 0 Å². The van der Waals surface area contributed by atoms with Gasteiger partial charge in [0.25, 0.3) is 0 Å². The van der Waals surface area contributed by atoms with Gasteiger partial charge in [0.15, 0.2) is 5.96 Å². The highest BCUT2D eigenvalue weighted by atomic mass is 127. The third-order valence-corrected chi connectivity index (χ3v) is 4.63. The molecule has 0 saturated carbocycles. The van der Waals surface area contributed by atoms with E-state index in [1.54, 1.807) is 13.4 Å². The minimum atomic E-state index is 0. The normalized spacial score (nSPS) is 15.2. The monoisotopic (exact) mass is 529 g/mol. The Morgan fingerprint density at radius 3 is 2.90 bits per heavy atom. The molecule has 0 amide bonds. The van der Waals surface area contributed by atoms with Crippen molar-refractivity contribution < 1.29 is 18.6 Å². The Morgan fingerprint density at radius 1 is 1.30 bits per heavy atom. The first-order chi connectivity index (χ1) is 14.2. The van der Waals surface area contributed by atoms with Crippen molar-refractivity contribution in [3.8, 4) is 11.5 Å². The number of guanidine groups is 1. The number of aliphatic imine (C=N–C) groups is 1. The van der Waals surface area contributed by atoms with Crippen LogP contribution in [0.25, 0.3) is 0 Å². The fraction of sp³-hybridized carbons (Fsp3) is 0.500. The third-order valence-electron chi connectivity index (χ3n) is 4.63. The van der Waals surface area contributed by atoms with E-state index in [1.807, 2.05) is 18.2 Å². The number of hydrogen-bond acceptors (Lipinski definition) is 5. The van der Waals surface area contributed by atoms with Crippen LogP contribution in [0.15, 0.2) is 39.9 Å². The van der Waals surface area contributed by atoms with E-state index in [9.17, 15) is 0 Å². The molecule has 0 spiro atoms. The Balaban J connectivity index is 0.00000320. The molecule has 0 radical (unpaired) electrons. The van der Waals surface area contributed by atoms with Crippen molar-refractivity contribution in [1.82, 2.24) is 10.6 Å². The molecule has 1 aromatic heterocycles. The molecule has 1 aliphatic rings. The number of nitrogens with zero attached hydrogens (tertiary/aromatic N) is 1. The van der Waals surface area contributed by atoms with Crippen LogP contribution in [0.4, 0.5) is 0 Å². The molecular formula is C22H32IN3O4. The van der Waals surface area contributed by atoms with Crippen LogP contribution in [0, 0.1) is 0 Å². The lowest BCUT2D eigenvalue weighted by atomic mass is 10.1. The Morgan fingerprint density at radius 2 is 2.17 bits per heavy atom. The van der Waals surface area contributed by atoms with Crippen molar-refractivity contribution in [3.05, 3.63) is 47.4 Å². The van der Waals surface area contributed by atoms with Gasteiger partial charge in [0.05, 0.1) is 19.9 Å². The van der Waals surface area contributed by atoms with E-state index >= 15 is 0 Å². The summed E-state index contributed by atoms with van der Waals surface area (Å²) in [7, 11) is 1.69. The first-order valence-electron chi connectivity index (χ1n) is 10.2. The van der Waals surface area contributed by atoms with Gasteiger partial charge in [0, 0.05) is 37.2 Å². The number of nitrogens with one attached hydrogen (secondary N) is 2. The minimum Gasteiger partial charge on any atom is -0.496 e. The highest BCUT2D eigenvalue weighted by Gasteiger charge is 2.21. The van der Waals surface area contributed by atoms with Gasteiger partial charge >= 0.3 is 0 Å². The Hall–Kier alpha value is -1.94. The van der Waals surface area contributed by atoms with E-state index < -0.39 is 0 Å². The second-order valence-electron chi connectivity index (χ2n) is 7.01. The standard InChI is InChI=1S/C22H31N3O4.HI/c1-4-23-22(24-8-6-9-27-15-19-7-5-10-28-19)25-14-18-13-21-17(11-16(2)29-21)12-20(18)26-3;/h5,7,10,12-13,16H,4,6,8-9,11,14-15H2,1-3H3,(H2,23,24,25);1H. The molecule has 7 nitrogen and oxygen atoms in total. The molecule has 30 heavy (non-hydrogen) atoms. The van der Waals surface area contributed by atoms with E-state index in [4.69, 9.17) is 23.6 Å². The zero-order chi connectivity index (χ0) is 20.5. The highest BCUT2D eigenvalue weighted by molar-refractivity contribution is 14.0. The van der Waals surface area contributed by atoms with Crippen LogP contribution >= 0.6 is 24.0 Å². The third kappa shape index (κ3) is 7.09. The molecule has 3 rings (SSSR count). The van der Waals surface area contributed by atoms with Crippen LogP contribution < -0.4 is 20.1 Å². The van der Waals surface area contributed by atoms with Crippen LogP contribution in [0.3, 0.4) is 0 Å². The summed E-state index contributed by atoms with van der Waals surface area (Å²) in [6.07, 6.45) is 3.66. The quantitative estimate of drug-likeness (QED) is 0.211. The van der Waals surface area contributed by atoms with Crippen molar-refractivity contribution in [2.24, 2.45) is 4.99 Å². The lowest BCUT2D eigenvalue weighted by Crippen LogP contribution is -2.38. The van der Waals surface area contributed by atoms with E-state index in [0.29, 0.717) is 19.8 Å². The van der Waals surface area contributed by atoms with Crippen molar-refractivity contribution in [2.75, 3.05) is 26.8 Å². The van der Waals surface area contributed by atoms with Crippen LogP contribution in [0.5, 0.6) is 11.5 Å². The summed E-state index contributed by atoms with van der Waals surface area (Å²) in [5, 5.41) is 6.62. The molecule has 166 valence electrons. The van der Waals surface area contributed by atoms with Gasteiger partial charge in [0.2, 0.25) is 0 Å². The van der Waals surface area contributed by atoms with E-state index in [1.165, 1.54) is 5.56 Å². The second-order valence-corrected chi connectivity index (χ2v) is 7.01. The summed E-state index contributed by atoms with van der Waals surface area (Å²) in [5.41, 5.74) is 2.21. The number of methoxy groups -OCH3 is 1. The molecular weight excluding hydrogens is 497 g/mol. The Labute approximate surface area is 195 Å². The molecule has 1 atom stereocenters. The van der Waals surface area contributed by atoms with Gasteiger partial charge in [-0.05, 0) is 44.5 Å². The molecule has 0 fully saturated rings. The van der Waals surface area contributed by atoms with Gasteiger partial charge in [-0.15, -0.1) is 24.0 Å². The summed E-state index contributed by atoms with van der Waals surface area (Å²) in [5.74, 6) is 3.41. The summed E-state index contributed by atoms with van der Waals surface area (Å²) in [6, 6.07) is 7.89. The maximum atomic E-state index is 5.87. The summed E-state index contributed by atoms with van der Waals surface area (Å²) < 4.78 is 22.3. The minimum absolute atomic E-state index is 0. The zero-order valence-corrected chi connectivity index (χ0v) is 20.2. The number of benzene rings is 1. The molecule has 2 heterocycles. The summed E-state index contributed by atoms with van der Waals surface area (Å²) >= 11 is 0. The van der Waals surface area contributed by atoms with Crippen LogP contribution in [-0.4, -0.2) is 38.9 Å². The highest BCUT2D eigenvalue weighted by Crippen LogP contribution is 2.35. The molecule has 1 aliphatic heterocycles. The predicted molar refractivity (Wildman–Crippen MR) is 128 cm³/mol. The molecule has 2 N–H and O–H groups in total. The molecule has 1 unspecified atom stereocenters. The van der Waals surface area contributed by atoms with Crippen molar-refractivity contribution >= 4 is 29.9 Å². The maximum Gasteiger partial charge on any atom is 0.191 e. The lowest BCUT2D eigenvalue weighted by Gasteiger charge is -2.13. The molecule has 0 saturated heterocycles. The number of hydrogen-bond donors (Lipinski definition) is 2. The average molecular weight is 529 g/mol. The topological polar surface area (TPSA) is 77.3 Å². The van der Waals surface area contributed by atoms with E-state index in [0.717, 1.165) is 54.7 Å². The molecule has 0 aliphatic carbocycles. The number of rotatable bonds is 10. The van der Waals surface area contributed by atoms with Gasteiger partial charge in [-0.3, -0.25) is 0 Å². The summed E-state index contributed by atoms with van der Waals surface area (Å²) in [4.78, 5) is 4.70. The second kappa shape index (κ2) is 12.7. The number of halogens is 1. The van der Waals surface area contributed by atoms with Crippen LogP contribution in [-0.2, 0) is 24.3 Å². The van der Waals surface area contributed by atoms with Gasteiger partial charge in [-0.2, -0.15) is 0 Å². The summed E-state index contributed by atoms with van der Waals surface area (Å²) in [6.45, 7) is 7.36. The first kappa shape index (κ1) is 24.3. The molecule has 0 bridgehead atoms. The zero-order valence-electron chi connectivity index (χ0n) is 17.9. The average Bonchev–Trinajstić information content (AvgIpc) is 3.35. The lowest BCUT2D eigenvalue weighted by molar-refractivity contribution is 0.105.